The molecule has 32 heavy (non-hydrogen) atoms. The maximum absolute atomic E-state index is 5.93. The van der Waals surface area contributed by atoms with Gasteiger partial charge in [0, 0.05) is 6.20 Å². The molecule has 1 aromatic carbocycles. The quantitative estimate of drug-likeness (QED) is 0.407. The lowest BCUT2D eigenvalue weighted by atomic mass is 9.92. The van der Waals surface area contributed by atoms with Gasteiger partial charge in [-0.15, -0.1) is 0 Å². The summed E-state index contributed by atoms with van der Waals surface area (Å²) in [6.45, 7) is 2.02. The largest absolute Gasteiger partial charge is 0.497 e. The lowest BCUT2D eigenvalue weighted by molar-refractivity contribution is 0.386. The second-order valence-corrected chi connectivity index (χ2v) is 7.96. The molecule has 0 unspecified atom stereocenters. The number of benzene rings is 1. The van der Waals surface area contributed by atoms with E-state index in [1.165, 1.54) is 18.4 Å². The zero-order valence-corrected chi connectivity index (χ0v) is 18.6. The number of aryl methyl sites for hydroxylation is 1. The van der Waals surface area contributed by atoms with Crippen molar-refractivity contribution in [3.05, 3.63) is 66.0 Å². The molecule has 4 aromatic rings. The molecular formula is C26H26N4O2. The molecule has 0 fully saturated rings. The van der Waals surface area contributed by atoms with Gasteiger partial charge in [0.1, 0.15) is 11.4 Å². The van der Waals surface area contributed by atoms with Gasteiger partial charge >= 0.3 is 0 Å². The highest BCUT2D eigenvalue weighted by Crippen LogP contribution is 2.40. The normalized spacial score (nSPS) is 13.8. The summed E-state index contributed by atoms with van der Waals surface area (Å²) in [6.07, 6.45) is 8.62. The molecule has 0 saturated carbocycles. The molecule has 0 bridgehead atoms. The molecule has 0 N–H and O–H groups in total. The minimum absolute atomic E-state index is 0.664. The number of allylic oxidation sites excluding steroid dienone is 2. The number of methoxy groups -OCH3 is 2. The fourth-order valence-electron chi connectivity index (χ4n) is 4.45. The Hall–Kier alpha value is -3.67. The van der Waals surface area contributed by atoms with Gasteiger partial charge in [0.2, 0.25) is 5.88 Å². The molecule has 5 rings (SSSR count). The molecule has 0 amide bonds. The zero-order valence-electron chi connectivity index (χ0n) is 18.6. The number of hydrogen-bond acceptors (Lipinski definition) is 5. The Morgan fingerprint density at radius 1 is 0.938 bits per heavy atom. The Balaban J connectivity index is 1.80. The van der Waals surface area contributed by atoms with E-state index >= 15 is 0 Å². The first-order chi connectivity index (χ1) is 15.7. The Kier molecular flexibility index (Phi) is 5.35. The van der Waals surface area contributed by atoms with Gasteiger partial charge in [-0.05, 0) is 68.0 Å². The second kappa shape index (κ2) is 8.46. The van der Waals surface area contributed by atoms with E-state index < -0.39 is 0 Å². The van der Waals surface area contributed by atoms with Gasteiger partial charge in [-0.2, -0.15) is 9.61 Å². The average molecular weight is 427 g/mol. The summed E-state index contributed by atoms with van der Waals surface area (Å²) in [6, 6.07) is 13.8. The minimum Gasteiger partial charge on any atom is -0.497 e. The molecule has 162 valence electrons. The Bertz CT molecular complexity index is 1290. The number of fused-ring (bicyclic) bond motifs is 1. The number of ether oxygens (including phenoxy) is 2. The topological polar surface area (TPSA) is 61.5 Å². The SMILES string of the molecule is COc1ccc(-c2c(C)nc3c(C4=CCCCC4)c(-c4ccccn4)nn3c2OC)cc1. The van der Waals surface area contributed by atoms with Crippen LogP contribution in [0.4, 0.5) is 0 Å². The zero-order chi connectivity index (χ0) is 22.1. The second-order valence-electron chi connectivity index (χ2n) is 7.96. The summed E-state index contributed by atoms with van der Waals surface area (Å²) < 4.78 is 13.1. The summed E-state index contributed by atoms with van der Waals surface area (Å²) in [7, 11) is 3.35. The molecule has 1 aliphatic rings. The van der Waals surface area contributed by atoms with Crippen LogP contribution in [0.2, 0.25) is 0 Å². The molecule has 0 spiro atoms. The average Bonchev–Trinajstić information content (AvgIpc) is 3.23. The van der Waals surface area contributed by atoms with Crippen molar-refractivity contribution in [2.45, 2.75) is 32.6 Å². The number of hydrogen-bond donors (Lipinski definition) is 0. The summed E-state index contributed by atoms with van der Waals surface area (Å²) in [4.78, 5) is 9.64. The van der Waals surface area contributed by atoms with Crippen LogP contribution in [0.3, 0.4) is 0 Å². The molecule has 0 radical (unpaired) electrons. The molecule has 0 saturated heterocycles. The predicted octanol–water partition coefficient (Wildman–Crippen LogP) is 5.74. The van der Waals surface area contributed by atoms with Crippen molar-refractivity contribution in [3.63, 3.8) is 0 Å². The van der Waals surface area contributed by atoms with Gasteiger partial charge in [-0.25, -0.2) is 4.98 Å². The van der Waals surface area contributed by atoms with Crippen molar-refractivity contribution < 1.29 is 9.47 Å². The van der Waals surface area contributed by atoms with Crippen LogP contribution in [-0.2, 0) is 0 Å². The highest BCUT2D eigenvalue weighted by atomic mass is 16.5. The van der Waals surface area contributed by atoms with Crippen molar-refractivity contribution in [2.24, 2.45) is 0 Å². The first-order valence-electron chi connectivity index (χ1n) is 10.9. The molecule has 0 atom stereocenters. The van der Waals surface area contributed by atoms with Crippen LogP contribution in [0, 0.1) is 6.92 Å². The Morgan fingerprint density at radius 2 is 1.78 bits per heavy atom. The Morgan fingerprint density at radius 3 is 2.44 bits per heavy atom. The number of aromatic nitrogens is 4. The Labute approximate surface area is 187 Å². The van der Waals surface area contributed by atoms with Crippen molar-refractivity contribution in [2.75, 3.05) is 14.2 Å². The molecule has 6 heteroatoms. The van der Waals surface area contributed by atoms with Crippen LogP contribution in [0.15, 0.2) is 54.7 Å². The summed E-state index contributed by atoms with van der Waals surface area (Å²) in [5.41, 5.74) is 7.66. The van der Waals surface area contributed by atoms with Crippen LogP contribution in [0.5, 0.6) is 11.6 Å². The summed E-state index contributed by atoms with van der Waals surface area (Å²) >= 11 is 0. The first-order valence-corrected chi connectivity index (χ1v) is 10.9. The fraction of sp³-hybridized carbons (Fsp3) is 0.269. The van der Waals surface area contributed by atoms with E-state index in [9.17, 15) is 0 Å². The third-order valence-electron chi connectivity index (χ3n) is 5.99. The van der Waals surface area contributed by atoms with E-state index in [-0.39, 0.29) is 0 Å². The van der Waals surface area contributed by atoms with Gasteiger partial charge in [0.15, 0.2) is 5.65 Å². The first kappa shape index (κ1) is 20.2. The maximum Gasteiger partial charge on any atom is 0.226 e. The van der Waals surface area contributed by atoms with E-state index in [2.05, 4.69) is 11.1 Å². The van der Waals surface area contributed by atoms with E-state index in [1.807, 2.05) is 53.9 Å². The van der Waals surface area contributed by atoms with Crippen molar-refractivity contribution in [1.29, 1.82) is 0 Å². The number of pyridine rings is 1. The summed E-state index contributed by atoms with van der Waals surface area (Å²) in [5, 5.41) is 4.99. The standard InChI is InChI=1S/C26H26N4O2/c1-17-22(19-12-14-20(31-2)15-13-19)26(32-3)30-25(28-17)23(18-9-5-4-6-10-18)24(29-30)21-11-7-8-16-27-21/h7-9,11-16H,4-6,10H2,1-3H3. The molecular weight excluding hydrogens is 400 g/mol. The third-order valence-corrected chi connectivity index (χ3v) is 5.99. The number of nitrogens with zero attached hydrogens (tertiary/aromatic N) is 4. The molecule has 6 nitrogen and oxygen atoms in total. The van der Waals surface area contributed by atoms with Crippen LogP contribution < -0.4 is 9.47 Å². The minimum atomic E-state index is 0.664. The van der Waals surface area contributed by atoms with Crippen LogP contribution >= 0.6 is 0 Å². The molecule has 3 heterocycles. The number of rotatable bonds is 5. The maximum atomic E-state index is 5.93. The van der Waals surface area contributed by atoms with Gasteiger partial charge in [0.25, 0.3) is 0 Å². The van der Waals surface area contributed by atoms with E-state index in [1.54, 1.807) is 20.4 Å². The smallest absolute Gasteiger partial charge is 0.226 e. The fourth-order valence-corrected chi connectivity index (χ4v) is 4.45. The van der Waals surface area contributed by atoms with E-state index in [4.69, 9.17) is 19.6 Å². The van der Waals surface area contributed by atoms with Crippen LogP contribution in [0.1, 0.15) is 36.9 Å². The molecule has 3 aromatic heterocycles. The van der Waals surface area contributed by atoms with Gasteiger partial charge in [-0.3, -0.25) is 4.98 Å². The van der Waals surface area contributed by atoms with Crippen molar-refractivity contribution in [1.82, 2.24) is 19.6 Å². The van der Waals surface area contributed by atoms with Gasteiger partial charge in [-0.1, -0.05) is 24.3 Å². The van der Waals surface area contributed by atoms with Gasteiger partial charge < -0.3 is 9.47 Å². The van der Waals surface area contributed by atoms with Crippen molar-refractivity contribution >= 4 is 11.2 Å². The lowest BCUT2D eigenvalue weighted by Crippen LogP contribution is -2.04. The van der Waals surface area contributed by atoms with Gasteiger partial charge in [0.05, 0.1) is 36.7 Å². The molecule has 1 aliphatic carbocycles. The highest BCUT2D eigenvalue weighted by Gasteiger charge is 2.25. The highest BCUT2D eigenvalue weighted by molar-refractivity contribution is 5.88. The monoisotopic (exact) mass is 426 g/mol. The third kappa shape index (κ3) is 3.42. The van der Waals surface area contributed by atoms with Crippen molar-refractivity contribution in [3.8, 4) is 34.1 Å². The lowest BCUT2D eigenvalue weighted by Gasteiger charge is -2.15. The van der Waals surface area contributed by atoms with E-state index in [0.717, 1.165) is 58.0 Å². The van der Waals surface area contributed by atoms with Crippen LogP contribution in [0.25, 0.3) is 33.7 Å². The summed E-state index contributed by atoms with van der Waals surface area (Å²) in [5.74, 6) is 1.47. The van der Waals surface area contributed by atoms with E-state index in [0.29, 0.717) is 5.88 Å². The molecule has 0 aliphatic heterocycles. The van der Waals surface area contributed by atoms with Crippen LogP contribution in [-0.4, -0.2) is 33.8 Å². The predicted molar refractivity (Wildman–Crippen MR) is 126 cm³/mol.